The Morgan fingerprint density at radius 2 is 1.63 bits per heavy atom. The van der Waals surface area contributed by atoms with Gasteiger partial charge in [0.15, 0.2) is 0 Å². The summed E-state index contributed by atoms with van der Waals surface area (Å²) in [5.74, 6) is 0.648. The van der Waals surface area contributed by atoms with Crippen LogP contribution in [-0.4, -0.2) is 21.9 Å². The van der Waals surface area contributed by atoms with Crippen molar-refractivity contribution in [3.8, 4) is 17.2 Å². The van der Waals surface area contributed by atoms with E-state index in [0.29, 0.717) is 17.9 Å². The molecule has 98 valence electrons. The number of aromatic hydroxyl groups is 2. The quantitative estimate of drug-likeness (QED) is 0.734. The van der Waals surface area contributed by atoms with E-state index in [1.165, 1.54) is 12.1 Å². The molecule has 3 rings (SSSR count). The standard InChI is InChI=1S/C15H14O4/c16-10-3-1-9(2-4-10)13-8-19-14-7-11(17)5-6-12(14)15(13)18/h1-7,13,15-18H,8H2/t13-,15+/m0/s1. The van der Waals surface area contributed by atoms with Gasteiger partial charge in [-0.1, -0.05) is 12.1 Å². The predicted molar refractivity (Wildman–Crippen MR) is 69.4 cm³/mol. The van der Waals surface area contributed by atoms with Gasteiger partial charge in [0.1, 0.15) is 17.2 Å². The molecule has 0 aromatic heterocycles. The van der Waals surface area contributed by atoms with E-state index in [0.717, 1.165) is 5.56 Å². The van der Waals surface area contributed by atoms with Gasteiger partial charge in [0, 0.05) is 17.5 Å². The second kappa shape index (κ2) is 4.48. The Balaban J connectivity index is 1.95. The van der Waals surface area contributed by atoms with Crippen LogP contribution in [0.1, 0.15) is 23.1 Å². The first-order valence-electron chi connectivity index (χ1n) is 6.08. The number of rotatable bonds is 1. The van der Waals surface area contributed by atoms with E-state index in [2.05, 4.69) is 0 Å². The topological polar surface area (TPSA) is 69.9 Å². The fourth-order valence-corrected chi connectivity index (χ4v) is 2.38. The number of aliphatic hydroxyl groups is 1. The minimum atomic E-state index is -0.686. The molecule has 1 heterocycles. The Kier molecular flexibility index (Phi) is 2.80. The lowest BCUT2D eigenvalue weighted by atomic mass is 9.87. The Morgan fingerprint density at radius 3 is 2.37 bits per heavy atom. The van der Waals surface area contributed by atoms with Crippen molar-refractivity contribution in [1.82, 2.24) is 0 Å². The summed E-state index contributed by atoms with van der Waals surface area (Å²) in [6.45, 7) is 0.336. The number of hydrogen-bond donors (Lipinski definition) is 3. The van der Waals surface area contributed by atoms with Crippen molar-refractivity contribution in [2.75, 3.05) is 6.61 Å². The molecule has 0 saturated carbocycles. The number of hydrogen-bond acceptors (Lipinski definition) is 4. The minimum Gasteiger partial charge on any atom is -0.508 e. The molecule has 19 heavy (non-hydrogen) atoms. The van der Waals surface area contributed by atoms with Crippen molar-refractivity contribution < 1.29 is 20.1 Å². The second-order valence-electron chi connectivity index (χ2n) is 4.68. The van der Waals surface area contributed by atoms with Crippen molar-refractivity contribution in [2.45, 2.75) is 12.0 Å². The molecule has 0 amide bonds. The van der Waals surface area contributed by atoms with Gasteiger partial charge in [-0.05, 0) is 29.8 Å². The summed E-state index contributed by atoms with van der Waals surface area (Å²) in [4.78, 5) is 0. The lowest BCUT2D eigenvalue weighted by molar-refractivity contribution is 0.0887. The molecule has 0 bridgehead atoms. The molecular formula is C15H14O4. The SMILES string of the molecule is Oc1ccc([C@@H]2COc3cc(O)ccc3[C@H]2O)cc1. The van der Waals surface area contributed by atoms with Crippen LogP contribution < -0.4 is 4.74 Å². The van der Waals surface area contributed by atoms with Crippen LogP contribution >= 0.6 is 0 Å². The third-order valence-corrected chi connectivity index (χ3v) is 3.44. The van der Waals surface area contributed by atoms with E-state index in [-0.39, 0.29) is 17.4 Å². The molecule has 4 nitrogen and oxygen atoms in total. The van der Waals surface area contributed by atoms with Crippen LogP contribution in [0.4, 0.5) is 0 Å². The zero-order chi connectivity index (χ0) is 13.4. The van der Waals surface area contributed by atoms with Gasteiger partial charge >= 0.3 is 0 Å². The normalized spacial score (nSPS) is 21.5. The van der Waals surface area contributed by atoms with Crippen LogP contribution in [0.2, 0.25) is 0 Å². The molecule has 0 spiro atoms. The smallest absolute Gasteiger partial charge is 0.128 e. The van der Waals surface area contributed by atoms with E-state index in [1.807, 2.05) is 0 Å². The summed E-state index contributed by atoms with van der Waals surface area (Å²) < 4.78 is 5.59. The highest BCUT2D eigenvalue weighted by Crippen LogP contribution is 2.41. The van der Waals surface area contributed by atoms with E-state index in [4.69, 9.17) is 4.74 Å². The fraction of sp³-hybridized carbons (Fsp3) is 0.200. The first kappa shape index (κ1) is 11.9. The zero-order valence-corrected chi connectivity index (χ0v) is 10.2. The first-order valence-corrected chi connectivity index (χ1v) is 6.08. The van der Waals surface area contributed by atoms with E-state index < -0.39 is 6.10 Å². The second-order valence-corrected chi connectivity index (χ2v) is 4.68. The lowest BCUT2D eigenvalue weighted by Gasteiger charge is -2.30. The molecule has 0 fully saturated rings. The van der Waals surface area contributed by atoms with Gasteiger partial charge in [-0.3, -0.25) is 0 Å². The molecule has 0 radical (unpaired) electrons. The number of fused-ring (bicyclic) bond motifs is 1. The molecule has 2 aromatic rings. The van der Waals surface area contributed by atoms with Gasteiger partial charge in [0.2, 0.25) is 0 Å². The van der Waals surface area contributed by atoms with Gasteiger partial charge in [-0.2, -0.15) is 0 Å². The predicted octanol–water partition coefficient (Wildman–Crippen LogP) is 2.31. The molecule has 1 aliphatic rings. The van der Waals surface area contributed by atoms with E-state index in [1.54, 1.807) is 30.3 Å². The maximum absolute atomic E-state index is 10.4. The molecule has 0 saturated heterocycles. The van der Waals surface area contributed by atoms with Gasteiger partial charge in [-0.25, -0.2) is 0 Å². The van der Waals surface area contributed by atoms with Crippen LogP contribution in [0.5, 0.6) is 17.2 Å². The van der Waals surface area contributed by atoms with Crippen LogP contribution in [0.15, 0.2) is 42.5 Å². The van der Waals surface area contributed by atoms with Gasteiger partial charge < -0.3 is 20.1 Å². The Hall–Kier alpha value is -2.20. The molecule has 3 N–H and O–H groups in total. The van der Waals surface area contributed by atoms with Crippen LogP contribution in [0, 0.1) is 0 Å². The number of phenolic OH excluding ortho intramolecular Hbond substituents is 2. The Labute approximate surface area is 110 Å². The van der Waals surface area contributed by atoms with Crippen molar-refractivity contribution in [3.63, 3.8) is 0 Å². The number of phenols is 2. The highest BCUT2D eigenvalue weighted by Gasteiger charge is 2.30. The molecular weight excluding hydrogens is 244 g/mol. The molecule has 0 unspecified atom stereocenters. The van der Waals surface area contributed by atoms with Crippen LogP contribution in [0.25, 0.3) is 0 Å². The van der Waals surface area contributed by atoms with E-state index >= 15 is 0 Å². The molecule has 4 heteroatoms. The van der Waals surface area contributed by atoms with E-state index in [9.17, 15) is 15.3 Å². The molecule has 2 aromatic carbocycles. The Bertz CT molecular complexity index is 592. The third kappa shape index (κ3) is 2.11. The largest absolute Gasteiger partial charge is 0.508 e. The molecule has 0 aliphatic carbocycles. The van der Waals surface area contributed by atoms with Crippen LogP contribution in [0.3, 0.4) is 0 Å². The van der Waals surface area contributed by atoms with Crippen molar-refractivity contribution >= 4 is 0 Å². The number of ether oxygens (including phenoxy) is 1. The summed E-state index contributed by atoms with van der Waals surface area (Å²) in [5.41, 5.74) is 1.58. The average molecular weight is 258 g/mol. The summed E-state index contributed by atoms with van der Waals surface area (Å²) >= 11 is 0. The third-order valence-electron chi connectivity index (χ3n) is 3.44. The van der Waals surface area contributed by atoms with Crippen molar-refractivity contribution in [2.24, 2.45) is 0 Å². The maximum atomic E-state index is 10.4. The monoisotopic (exact) mass is 258 g/mol. The first-order chi connectivity index (χ1) is 9.15. The number of aliphatic hydroxyl groups excluding tert-OH is 1. The highest BCUT2D eigenvalue weighted by atomic mass is 16.5. The minimum absolute atomic E-state index is 0.119. The summed E-state index contributed by atoms with van der Waals surface area (Å²) in [6.07, 6.45) is -0.686. The van der Waals surface area contributed by atoms with Gasteiger partial charge in [0.05, 0.1) is 12.7 Å². The lowest BCUT2D eigenvalue weighted by Crippen LogP contribution is -2.24. The maximum Gasteiger partial charge on any atom is 0.128 e. The zero-order valence-electron chi connectivity index (χ0n) is 10.2. The summed E-state index contributed by atoms with van der Waals surface area (Å²) in [7, 11) is 0. The molecule has 2 atom stereocenters. The van der Waals surface area contributed by atoms with Crippen molar-refractivity contribution in [1.29, 1.82) is 0 Å². The van der Waals surface area contributed by atoms with Crippen LogP contribution in [-0.2, 0) is 0 Å². The highest BCUT2D eigenvalue weighted by molar-refractivity contribution is 5.45. The average Bonchev–Trinajstić information content (AvgIpc) is 2.40. The van der Waals surface area contributed by atoms with Gasteiger partial charge in [0.25, 0.3) is 0 Å². The van der Waals surface area contributed by atoms with Crippen molar-refractivity contribution in [3.05, 3.63) is 53.6 Å². The molecule has 1 aliphatic heterocycles. The Morgan fingerprint density at radius 1 is 0.947 bits per heavy atom. The number of benzene rings is 2. The summed E-state index contributed by atoms with van der Waals surface area (Å²) in [6, 6.07) is 11.4. The fourth-order valence-electron chi connectivity index (χ4n) is 2.38. The van der Waals surface area contributed by atoms with Gasteiger partial charge in [-0.15, -0.1) is 0 Å². The summed E-state index contributed by atoms with van der Waals surface area (Å²) in [5, 5.41) is 29.1.